The Hall–Kier alpha value is -1.34. The summed E-state index contributed by atoms with van der Waals surface area (Å²) in [6, 6.07) is 8.39. The number of carbonyl (C=O) groups is 2. The van der Waals surface area contributed by atoms with Gasteiger partial charge in [0.1, 0.15) is 0 Å². The number of benzene rings is 1. The molecule has 6 nitrogen and oxygen atoms in total. The van der Waals surface area contributed by atoms with Gasteiger partial charge in [-0.1, -0.05) is 18.6 Å². The van der Waals surface area contributed by atoms with Crippen LogP contribution in [0.5, 0.6) is 0 Å². The van der Waals surface area contributed by atoms with Gasteiger partial charge < -0.3 is 16.8 Å². The smallest absolute Gasteiger partial charge is 0.227 e. The van der Waals surface area contributed by atoms with Gasteiger partial charge >= 0.3 is 0 Å². The third-order valence-corrected chi connectivity index (χ3v) is 7.32. The minimum absolute atomic E-state index is 0. The summed E-state index contributed by atoms with van der Waals surface area (Å²) in [4.78, 5) is 26.6. The van der Waals surface area contributed by atoms with Crippen LogP contribution in [0, 0.1) is 23.7 Å². The Bertz CT molecular complexity index is 732. The van der Waals surface area contributed by atoms with Crippen LogP contribution in [0.15, 0.2) is 24.3 Å². The third kappa shape index (κ3) is 6.35. The zero-order chi connectivity index (χ0) is 20.4. The summed E-state index contributed by atoms with van der Waals surface area (Å²) < 4.78 is 0. The van der Waals surface area contributed by atoms with E-state index >= 15 is 0 Å². The van der Waals surface area contributed by atoms with Crippen LogP contribution in [0.25, 0.3) is 0 Å². The van der Waals surface area contributed by atoms with Gasteiger partial charge in [0.15, 0.2) is 0 Å². The second kappa shape index (κ2) is 11.5. The van der Waals surface area contributed by atoms with E-state index in [1.807, 2.05) is 12.1 Å². The van der Waals surface area contributed by atoms with E-state index in [2.05, 4.69) is 22.3 Å². The number of primary amides is 1. The predicted octanol–water partition coefficient (Wildman–Crippen LogP) is 3.32. The van der Waals surface area contributed by atoms with Crippen LogP contribution in [0.4, 0.5) is 5.69 Å². The summed E-state index contributed by atoms with van der Waals surface area (Å²) in [5, 5.41) is 3.11. The van der Waals surface area contributed by atoms with E-state index in [9.17, 15) is 9.59 Å². The van der Waals surface area contributed by atoms with Gasteiger partial charge in [0.2, 0.25) is 11.8 Å². The zero-order valence-electron chi connectivity index (χ0n) is 18.0. The molecule has 4 rings (SSSR count). The van der Waals surface area contributed by atoms with Crippen molar-refractivity contribution in [3.05, 3.63) is 29.8 Å². The maximum atomic E-state index is 12.8. The van der Waals surface area contributed by atoms with Crippen LogP contribution < -0.4 is 16.8 Å². The van der Waals surface area contributed by atoms with E-state index in [4.69, 9.17) is 11.5 Å². The lowest BCUT2D eigenvalue weighted by Crippen LogP contribution is -2.48. The number of hydrogen-bond donors (Lipinski definition) is 3. The number of piperidine rings is 1. The molecule has 3 unspecified atom stereocenters. The van der Waals surface area contributed by atoms with E-state index in [0.717, 1.165) is 51.0 Å². The number of rotatable bonds is 5. The van der Waals surface area contributed by atoms with Crippen molar-refractivity contribution in [1.82, 2.24) is 4.90 Å². The van der Waals surface area contributed by atoms with Crippen molar-refractivity contribution in [1.29, 1.82) is 0 Å². The van der Waals surface area contributed by atoms with E-state index < -0.39 is 0 Å². The number of hydrogen-bond acceptors (Lipinski definition) is 4. The van der Waals surface area contributed by atoms with Gasteiger partial charge in [0.05, 0.1) is 5.92 Å². The topological polar surface area (TPSA) is 101 Å². The number of nitrogens with two attached hydrogens (primary N) is 2. The Balaban J connectivity index is 0.00000171. The molecule has 31 heavy (non-hydrogen) atoms. The number of amides is 2. The van der Waals surface area contributed by atoms with Gasteiger partial charge in [-0.15, -0.1) is 24.8 Å². The van der Waals surface area contributed by atoms with E-state index in [0.29, 0.717) is 11.8 Å². The fourth-order valence-corrected chi connectivity index (χ4v) is 5.63. The minimum Gasteiger partial charge on any atom is -0.369 e. The first-order chi connectivity index (χ1) is 14.0. The Kier molecular flexibility index (Phi) is 9.62. The Morgan fingerprint density at radius 1 is 0.968 bits per heavy atom. The maximum absolute atomic E-state index is 12.8. The average molecular weight is 471 g/mol. The van der Waals surface area contributed by atoms with E-state index in [1.165, 1.54) is 24.8 Å². The molecule has 1 heterocycles. The number of fused-ring (bicyclic) bond motifs is 2. The number of anilines is 1. The Morgan fingerprint density at radius 3 is 2.23 bits per heavy atom. The molecular formula is C23H36Cl2N4O2. The van der Waals surface area contributed by atoms with Crippen molar-refractivity contribution < 1.29 is 9.59 Å². The molecule has 3 atom stereocenters. The molecule has 2 amide bonds. The molecule has 8 heteroatoms. The van der Waals surface area contributed by atoms with Gasteiger partial charge in [-0.05, 0) is 74.6 Å². The van der Waals surface area contributed by atoms with Gasteiger partial charge in [0.25, 0.3) is 0 Å². The summed E-state index contributed by atoms with van der Waals surface area (Å²) >= 11 is 0. The molecule has 174 valence electrons. The van der Waals surface area contributed by atoms with Crippen LogP contribution in [-0.2, 0) is 16.1 Å². The first kappa shape index (κ1) is 25.9. The highest BCUT2D eigenvalue weighted by Gasteiger charge is 2.40. The third-order valence-electron chi connectivity index (χ3n) is 7.32. The zero-order valence-corrected chi connectivity index (χ0v) is 19.6. The Labute approximate surface area is 197 Å². The summed E-state index contributed by atoms with van der Waals surface area (Å²) in [5.74, 6) is 1.01. The summed E-state index contributed by atoms with van der Waals surface area (Å²) in [5.41, 5.74) is 13.9. The van der Waals surface area contributed by atoms with Crippen molar-refractivity contribution >= 4 is 42.3 Å². The molecule has 0 radical (unpaired) electrons. The molecule has 2 saturated carbocycles. The molecule has 1 saturated heterocycles. The number of likely N-dealkylation sites (tertiary alicyclic amines) is 1. The molecule has 0 aromatic heterocycles. The van der Waals surface area contributed by atoms with Crippen LogP contribution in [-0.4, -0.2) is 35.8 Å². The number of halogens is 2. The van der Waals surface area contributed by atoms with Crippen LogP contribution >= 0.6 is 24.8 Å². The molecule has 2 aliphatic carbocycles. The molecule has 1 aliphatic heterocycles. The number of nitrogens with one attached hydrogen (secondary N) is 1. The van der Waals surface area contributed by atoms with E-state index in [1.54, 1.807) is 0 Å². The lowest BCUT2D eigenvalue weighted by Gasteiger charge is -2.43. The molecule has 1 aromatic rings. The summed E-state index contributed by atoms with van der Waals surface area (Å²) in [6.07, 6.45) is 7.36. The second-order valence-corrected chi connectivity index (χ2v) is 9.36. The SMILES string of the molecule is Cl.Cl.NC(=O)C1CCCN(Cc2ccc(NC(=O)C3CC4CCCC(C3)C4N)cc2)C1. The first-order valence-electron chi connectivity index (χ1n) is 11.2. The molecule has 5 N–H and O–H groups in total. The quantitative estimate of drug-likeness (QED) is 0.613. The van der Waals surface area contributed by atoms with Crippen molar-refractivity contribution in [2.45, 2.75) is 57.5 Å². The first-order valence-corrected chi connectivity index (χ1v) is 11.2. The lowest BCUT2D eigenvalue weighted by molar-refractivity contribution is -0.124. The fraction of sp³-hybridized carbons (Fsp3) is 0.652. The molecule has 0 spiro atoms. The van der Waals surface area contributed by atoms with E-state index in [-0.39, 0.29) is 54.5 Å². The van der Waals surface area contributed by atoms with Gasteiger partial charge in [-0.25, -0.2) is 0 Å². The number of nitrogens with zero attached hydrogens (tertiary/aromatic N) is 1. The highest BCUT2D eigenvalue weighted by atomic mass is 35.5. The largest absolute Gasteiger partial charge is 0.369 e. The van der Waals surface area contributed by atoms with Crippen LogP contribution in [0.3, 0.4) is 0 Å². The molecule has 3 fully saturated rings. The van der Waals surface area contributed by atoms with Crippen molar-refractivity contribution in [2.24, 2.45) is 35.1 Å². The standard InChI is InChI=1S/C23H34N4O2.2ClH/c24-21-16-3-1-4-17(21)12-19(11-16)23(29)26-20-8-6-15(7-9-20)13-27-10-2-5-18(14-27)22(25)28;;/h6-9,16-19,21H,1-5,10-14,24H2,(H2,25,28)(H,26,29);2*1H. The van der Waals surface area contributed by atoms with Gasteiger partial charge in [0, 0.05) is 30.7 Å². The van der Waals surface area contributed by atoms with Crippen molar-refractivity contribution in [3.8, 4) is 0 Å². The molecular weight excluding hydrogens is 435 g/mol. The molecule has 1 aromatic carbocycles. The maximum Gasteiger partial charge on any atom is 0.227 e. The summed E-state index contributed by atoms with van der Waals surface area (Å²) in [6.45, 7) is 2.54. The summed E-state index contributed by atoms with van der Waals surface area (Å²) in [7, 11) is 0. The monoisotopic (exact) mass is 470 g/mol. The lowest BCUT2D eigenvalue weighted by atomic mass is 9.65. The van der Waals surface area contributed by atoms with Crippen LogP contribution in [0.1, 0.15) is 50.5 Å². The molecule has 3 aliphatic rings. The van der Waals surface area contributed by atoms with Crippen molar-refractivity contribution in [3.63, 3.8) is 0 Å². The predicted molar refractivity (Wildman–Crippen MR) is 128 cm³/mol. The number of carbonyl (C=O) groups excluding carboxylic acids is 2. The van der Waals surface area contributed by atoms with Crippen LogP contribution in [0.2, 0.25) is 0 Å². The highest BCUT2D eigenvalue weighted by Crippen LogP contribution is 2.42. The van der Waals surface area contributed by atoms with Crippen molar-refractivity contribution in [2.75, 3.05) is 18.4 Å². The van der Waals surface area contributed by atoms with Gasteiger partial charge in [-0.3, -0.25) is 14.5 Å². The highest BCUT2D eigenvalue weighted by molar-refractivity contribution is 5.92. The minimum atomic E-state index is -0.194. The Morgan fingerprint density at radius 2 is 1.61 bits per heavy atom. The molecule has 2 bridgehead atoms. The second-order valence-electron chi connectivity index (χ2n) is 9.36. The van der Waals surface area contributed by atoms with Gasteiger partial charge in [-0.2, -0.15) is 0 Å². The normalized spacial score (nSPS) is 30.4. The fourth-order valence-electron chi connectivity index (χ4n) is 5.63. The average Bonchev–Trinajstić information content (AvgIpc) is 2.69.